The van der Waals surface area contributed by atoms with Crippen LogP contribution in [0.3, 0.4) is 0 Å². The van der Waals surface area contributed by atoms with E-state index in [2.05, 4.69) is 5.32 Å². The molecule has 0 unspecified atom stereocenters. The van der Waals surface area contributed by atoms with Gasteiger partial charge in [-0.2, -0.15) is 0 Å². The zero-order valence-corrected chi connectivity index (χ0v) is 9.87. The molecule has 5 nitrogen and oxygen atoms in total. The Hall–Kier alpha value is -1.78. The normalized spacial score (nSPS) is 10.6. The summed E-state index contributed by atoms with van der Waals surface area (Å²) in [5.74, 6) is -0.818. The summed E-state index contributed by atoms with van der Waals surface area (Å²) < 4.78 is 1.43. The van der Waals surface area contributed by atoms with Gasteiger partial charge in [0.25, 0.3) is 11.5 Å². The van der Waals surface area contributed by atoms with Gasteiger partial charge < -0.3 is 15.0 Å². The van der Waals surface area contributed by atoms with Crippen LogP contribution in [0.15, 0.2) is 11.0 Å². The highest BCUT2D eigenvalue weighted by Crippen LogP contribution is 2.19. The van der Waals surface area contributed by atoms with Gasteiger partial charge in [-0.15, -0.1) is 0 Å². The Morgan fingerprint density at radius 3 is 2.50 bits per heavy atom. The van der Waals surface area contributed by atoms with Gasteiger partial charge in [0.2, 0.25) is 0 Å². The smallest absolute Gasteiger partial charge is 0.267 e. The molecule has 0 spiro atoms. The molecular formula is C11H16N2O3. The molecule has 0 atom stereocenters. The summed E-state index contributed by atoms with van der Waals surface area (Å²) in [7, 11) is 1.42. The first-order valence-electron chi connectivity index (χ1n) is 5.07. The van der Waals surface area contributed by atoms with E-state index in [1.807, 2.05) is 13.8 Å². The lowest BCUT2D eigenvalue weighted by Crippen LogP contribution is -2.32. The van der Waals surface area contributed by atoms with Crippen molar-refractivity contribution in [3.63, 3.8) is 0 Å². The molecule has 1 aromatic rings. The number of amides is 1. The summed E-state index contributed by atoms with van der Waals surface area (Å²) in [6.45, 7) is 5.33. The molecule has 5 heteroatoms. The molecule has 0 aromatic carbocycles. The molecule has 88 valence electrons. The zero-order chi connectivity index (χ0) is 12.5. The van der Waals surface area contributed by atoms with E-state index in [0.717, 1.165) is 0 Å². The Balaban J connectivity index is 3.59. The summed E-state index contributed by atoms with van der Waals surface area (Å²) in [5, 5.41) is 12.1. The summed E-state index contributed by atoms with van der Waals surface area (Å²) in [6, 6.07) is -0.0600. The number of aryl methyl sites for hydroxylation is 1. The van der Waals surface area contributed by atoms with E-state index in [1.54, 1.807) is 13.1 Å². The number of aromatic nitrogens is 1. The molecule has 2 N–H and O–H groups in total. The fraction of sp³-hybridized carbons (Fsp3) is 0.455. The standard InChI is InChI=1S/C11H16N2O3/c1-6(2)13-5-7(3)9(14)8(11(13)16)10(15)12-4/h5-6,14H,1-4H3,(H,12,15). The zero-order valence-electron chi connectivity index (χ0n) is 9.87. The van der Waals surface area contributed by atoms with Crippen LogP contribution in [-0.2, 0) is 0 Å². The van der Waals surface area contributed by atoms with Crippen molar-refractivity contribution >= 4 is 5.91 Å². The van der Waals surface area contributed by atoms with Crippen molar-refractivity contribution in [3.05, 3.63) is 27.7 Å². The van der Waals surface area contributed by atoms with E-state index in [9.17, 15) is 14.7 Å². The molecule has 1 amide bonds. The second kappa shape index (κ2) is 4.38. The quantitative estimate of drug-likeness (QED) is 0.780. The van der Waals surface area contributed by atoms with Crippen molar-refractivity contribution in [1.29, 1.82) is 0 Å². The average molecular weight is 224 g/mol. The fourth-order valence-corrected chi connectivity index (χ4v) is 1.47. The van der Waals surface area contributed by atoms with Gasteiger partial charge in [-0.25, -0.2) is 0 Å². The lowest BCUT2D eigenvalue weighted by Gasteiger charge is -2.14. The van der Waals surface area contributed by atoms with Crippen LogP contribution in [0, 0.1) is 6.92 Å². The van der Waals surface area contributed by atoms with E-state index in [4.69, 9.17) is 0 Å². The van der Waals surface area contributed by atoms with Crippen LogP contribution in [0.5, 0.6) is 5.75 Å². The number of hydrogen-bond acceptors (Lipinski definition) is 3. The van der Waals surface area contributed by atoms with Gasteiger partial charge >= 0.3 is 0 Å². The van der Waals surface area contributed by atoms with E-state index >= 15 is 0 Å². The first kappa shape index (κ1) is 12.3. The maximum absolute atomic E-state index is 11.9. The van der Waals surface area contributed by atoms with Crippen LogP contribution in [0.25, 0.3) is 0 Å². The number of nitrogens with one attached hydrogen (secondary N) is 1. The van der Waals surface area contributed by atoms with E-state index in [0.29, 0.717) is 5.56 Å². The highest BCUT2D eigenvalue weighted by atomic mass is 16.3. The van der Waals surface area contributed by atoms with Crippen LogP contribution in [-0.4, -0.2) is 22.6 Å². The van der Waals surface area contributed by atoms with Crippen LogP contribution >= 0.6 is 0 Å². The number of pyridine rings is 1. The summed E-state index contributed by atoms with van der Waals surface area (Å²) >= 11 is 0. The van der Waals surface area contributed by atoms with Gasteiger partial charge in [0, 0.05) is 24.8 Å². The Morgan fingerprint density at radius 1 is 1.50 bits per heavy atom. The average Bonchev–Trinajstić information content (AvgIpc) is 2.22. The lowest BCUT2D eigenvalue weighted by molar-refractivity contribution is 0.0958. The second-order valence-electron chi connectivity index (χ2n) is 3.92. The molecule has 0 bridgehead atoms. The monoisotopic (exact) mass is 224 g/mol. The Morgan fingerprint density at radius 2 is 2.06 bits per heavy atom. The minimum atomic E-state index is -0.569. The van der Waals surface area contributed by atoms with Gasteiger partial charge in [-0.1, -0.05) is 0 Å². The third-order valence-corrected chi connectivity index (χ3v) is 2.40. The number of carbonyl (C=O) groups is 1. The van der Waals surface area contributed by atoms with Gasteiger partial charge in [-0.05, 0) is 20.8 Å². The Bertz CT molecular complexity index is 475. The largest absolute Gasteiger partial charge is 0.507 e. The molecule has 0 aliphatic carbocycles. The van der Waals surface area contributed by atoms with Crippen molar-refractivity contribution in [2.75, 3.05) is 7.05 Å². The summed E-state index contributed by atoms with van der Waals surface area (Å²) in [4.78, 5) is 23.4. The molecular weight excluding hydrogens is 208 g/mol. The van der Waals surface area contributed by atoms with Gasteiger partial charge in [0.05, 0.1) is 0 Å². The van der Waals surface area contributed by atoms with Gasteiger partial charge in [-0.3, -0.25) is 9.59 Å². The van der Waals surface area contributed by atoms with E-state index in [1.165, 1.54) is 11.6 Å². The van der Waals surface area contributed by atoms with Crippen molar-refractivity contribution in [3.8, 4) is 5.75 Å². The topological polar surface area (TPSA) is 71.3 Å². The first-order chi connectivity index (χ1) is 7.40. The number of rotatable bonds is 2. The van der Waals surface area contributed by atoms with Crippen molar-refractivity contribution in [2.45, 2.75) is 26.8 Å². The highest BCUT2D eigenvalue weighted by Gasteiger charge is 2.19. The molecule has 0 saturated carbocycles. The predicted molar refractivity (Wildman–Crippen MR) is 60.9 cm³/mol. The van der Waals surface area contributed by atoms with E-state index < -0.39 is 11.5 Å². The van der Waals surface area contributed by atoms with Crippen LogP contribution in [0.1, 0.15) is 35.8 Å². The second-order valence-corrected chi connectivity index (χ2v) is 3.92. The maximum atomic E-state index is 11.9. The maximum Gasteiger partial charge on any atom is 0.267 e. The molecule has 1 aromatic heterocycles. The molecule has 0 aliphatic heterocycles. The molecule has 16 heavy (non-hydrogen) atoms. The summed E-state index contributed by atoms with van der Waals surface area (Å²) in [5.41, 5.74) is -0.166. The predicted octanol–water partition coefficient (Wildman–Crippen LogP) is 0.803. The lowest BCUT2D eigenvalue weighted by atomic mass is 10.1. The van der Waals surface area contributed by atoms with Crippen LogP contribution in [0.4, 0.5) is 0 Å². The van der Waals surface area contributed by atoms with Crippen molar-refractivity contribution in [2.24, 2.45) is 0 Å². The van der Waals surface area contributed by atoms with Crippen molar-refractivity contribution < 1.29 is 9.90 Å². The number of aromatic hydroxyl groups is 1. The Kier molecular flexibility index (Phi) is 3.37. The first-order valence-corrected chi connectivity index (χ1v) is 5.07. The molecule has 0 radical (unpaired) electrons. The summed E-state index contributed by atoms with van der Waals surface area (Å²) in [6.07, 6.45) is 1.55. The minimum absolute atomic E-state index is 0.0600. The van der Waals surface area contributed by atoms with Gasteiger partial charge in [0.1, 0.15) is 11.3 Å². The molecule has 0 fully saturated rings. The van der Waals surface area contributed by atoms with E-state index in [-0.39, 0.29) is 17.4 Å². The van der Waals surface area contributed by atoms with Gasteiger partial charge in [0.15, 0.2) is 0 Å². The number of nitrogens with zero attached hydrogens (tertiary/aromatic N) is 1. The fourth-order valence-electron chi connectivity index (χ4n) is 1.47. The third-order valence-electron chi connectivity index (χ3n) is 2.40. The molecule has 1 rings (SSSR count). The number of carbonyl (C=O) groups excluding carboxylic acids is 1. The van der Waals surface area contributed by atoms with Crippen LogP contribution < -0.4 is 10.9 Å². The third kappa shape index (κ3) is 1.93. The minimum Gasteiger partial charge on any atom is -0.507 e. The van der Waals surface area contributed by atoms with Crippen LogP contribution in [0.2, 0.25) is 0 Å². The SMILES string of the molecule is CNC(=O)c1c(O)c(C)cn(C(C)C)c1=O. The van der Waals surface area contributed by atoms with Crippen molar-refractivity contribution in [1.82, 2.24) is 9.88 Å². The highest BCUT2D eigenvalue weighted by molar-refractivity contribution is 5.96. The molecule has 0 aliphatic rings. The Labute approximate surface area is 93.7 Å². The molecule has 0 saturated heterocycles. The number of hydrogen-bond donors (Lipinski definition) is 2. The molecule has 1 heterocycles.